The Morgan fingerprint density at radius 1 is 0.522 bits per heavy atom. The van der Waals surface area contributed by atoms with Crippen molar-refractivity contribution in [2.24, 2.45) is 11.8 Å². The van der Waals surface area contributed by atoms with Crippen molar-refractivity contribution in [1.29, 1.82) is 0 Å². The van der Waals surface area contributed by atoms with E-state index in [9.17, 15) is 0 Å². The number of para-hydroxylation sites is 1. The molecule has 0 N–H and O–H groups in total. The maximum absolute atomic E-state index is 6.68. The number of benzene rings is 5. The fourth-order valence-corrected chi connectivity index (χ4v) is 13.4. The molecule has 2 unspecified atom stereocenters. The molecule has 7 aliphatic rings. The van der Waals surface area contributed by atoms with E-state index in [0.29, 0.717) is 17.8 Å². The largest absolute Gasteiger partial charge is 0.456 e. The van der Waals surface area contributed by atoms with Crippen LogP contribution in [0.15, 0.2) is 167 Å². The summed E-state index contributed by atoms with van der Waals surface area (Å²) in [5, 5.41) is 5.03. The van der Waals surface area contributed by atoms with E-state index in [1.807, 2.05) is 0 Å². The Hall–Kier alpha value is -6.84. The standard InChI is InChI=1S/C64H56N2O/c1-3-17-46-36-42(13-1)15-10-24-59-63(46)53-22-7-8-23-57(53)65(59)48-31-34-61-54(39-48)55-40-49(32-35-62(55)67-61)66-58-33-30-45(38-56(58)64-47-18-9-14-43(37-47)16-11-25-60(64)66)51-20-5-6-21-52(51)50-19-4-2-12-41-26-28-44(50)29-27-41/h2,4-8,10-12,16,19-25,30-36,38-40,42,44,47H,1,3,9,13-15,17-18,26-29,37H2/b4-2-,24-10-,25-11-,41-12?,43-16-,50-19+. The Morgan fingerprint density at radius 3 is 2.15 bits per heavy atom. The van der Waals surface area contributed by atoms with Gasteiger partial charge in [0.2, 0.25) is 0 Å². The third-order valence-electron chi connectivity index (χ3n) is 16.5. The van der Waals surface area contributed by atoms with Gasteiger partial charge in [-0.25, -0.2) is 0 Å². The first-order chi connectivity index (χ1) is 33.2. The first-order valence-electron chi connectivity index (χ1n) is 25.4. The molecule has 0 saturated heterocycles. The summed E-state index contributed by atoms with van der Waals surface area (Å²) >= 11 is 0. The monoisotopic (exact) mass is 868 g/mol. The second-order valence-electron chi connectivity index (χ2n) is 20.4. The molecule has 0 amide bonds. The van der Waals surface area contributed by atoms with Crippen molar-refractivity contribution in [2.75, 3.05) is 0 Å². The van der Waals surface area contributed by atoms with E-state index in [1.54, 1.807) is 11.1 Å². The molecule has 7 aliphatic carbocycles. The van der Waals surface area contributed by atoms with Crippen molar-refractivity contribution in [3.05, 3.63) is 191 Å². The van der Waals surface area contributed by atoms with E-state index in [-0.39, 0.29) is 0 Å². The summed E-state index contributed by atoms with van der Waals surface area (Å²) in [4.78, 5) is 0. The van der Waals surface area contributed by atoms with Gasteiger partial charge in [-0.15, -0.1) is 0 Å². The van der Waals surface area contributed by atoms with Gasteiger partial charge in [-0.2, -0.15) is 0 Å². The van der Waals surface area contributed by atoms with Crippen LogP contribution in [-0.4, -0.2) is 9.13 Å². The van der Waals surface area contributed by atoms with E-state index >= 15 is 0 Å². The highest BCUT2D eigenvalue weighted by Crippen LogP contribution is 2.48. The lowest BCUT2D eigenvalue weighted by atomic mass is 9.77. The minimum atomic E-state index is 0.478. The molecule has 0 spiro atoms. The van der Waals surface area contributed by atoms with Crippen LogP contribution in [0.2, 0.25) is 0 Å². The number of aromatic nitrogens is 2. The average Bonchev–Trinajstić information content (AvgIpc) is 3.96. The fraction of sp³-hybridized carbons (Fsp3) is 0.250. The van der Waals surface area contributed by atoms with Crippen LogP contribution in [0.4, 0.5) is 0 Å². The van der Waals surface area contributed by atoms with Gasteiger partial charge < -0.3 is 13.6 Å². The molecule has 3 aromatic heterocycles. The van der Waals surface area contributed by atoms with Gasteiger partial charge in [0.05, 0.1) is 22.4 Å². The van der Waals surface area contributed by atoms with Crippen LogP contribution < -0.4 is 0 Å². The molecule has 3 heteroatoms. The van der Waals surface area contributed by atoms with Gasteiger partial charge in [0.1, 0.15) is 11.2 Å². The number of hydrogen-bond donors (Lipinski definition) is 0. The summed E-state index contributed by atoms with van der Waals surface area (Å²) in [6.45, 7) is 0. The van der Waals surface area contributed by atoms with Gasteiger partial charge in [0.15, 0.2) is 0 Å². The highest BCUT2D eigenvalue weighted by molar-refractivity contribution is 6.07. The molecule has 15 rings (SSSR count). The first-order valence-corrected chi connectivity index (χ1v) is 25.4. The van der Waals surface area contributed by atoms with Crippen molar-refractivity contribution in [2.45, 2.75) is 89.4 Å². The molecule has 3 heterocycles. The fourth-order valence-electron chi connectivity index (χ4n) is 13.4. The molecule has 2 fully saturated rings. The van der Waals surface area contributed by atoms with Gasteiger partial charge in [-0.1, -0.05) is 115 Å². The molecule has 2 atom stereocenters. The maximum atomic E-state index is 6.68. The lowest BCUT2D eigenvalue weighted by Gasteiger charge is -2.27. The molecular formula is C64H56N2O. The second kappa shape index (κ2) is 15.9. The van der Waals surface area contributed by atoms with Crippen molar-refractivity contribution >= 4 is 67.0 Å². The van der Waals surface area contributed by atoms with Crippen LogP contribution in [0.5, 0.6) is 0 Å². The van der Waals surface area contributed by atoms with Crippen LogP contribution in [0.3, 0.4) is 0 Å². The number of furan rings is 1. The molecule has 0 aliphatic heterocycles. The summed E-state index contributed by atoms with van der Waals surface area (Å²) in [5.41, 5.74) is 22.5. The van der Waals surface area contributed by atoms with E-state index in [1.165, 1.54) is 148 Å². The third-order valence-corrected chi connectivity index (χ3v) is 16.5. The van der Waals surface area contributed by atoms with E-state index in [2.05, 4.69) is 173 Å². The van der Waals surface area contributed by atoms with Gasteiger partial charge in [0, 0.05) is 38.5 Å². The molecule has 5 aromatic carbocycles. The molecule has 67 heavy (non-hydrogen) atoms. The Morgan fingerprint density at radius 2 is 1.28 bits per heavy atom. The van der Waals surface area contributed by atoms with Crippen molar-refractivity contribution in [3.8, 4) is 22.5 Å². The Bertz CT molecular complexity index is 3570. The van der Waals surface area contributed by atoms with Gasteiger partial charge >= 0.3 is 0 Å². The van der Waals surface area contributed by atoms with Crippen molar-refractivity contribution < 1.29 is 4.42 Å². The van der Waals surface area contributed by atoms with Crippen LogP contribution >= 0.6 is 0 Å². The molecule has 3 nitrogen and oxygen atoms in total. The number of hydrogen-bond acceptors (Lipinski definition) is 1. The maximum Gasteiger partial charge on any atom is 0.135 e. The lowest BCUT2D eigenvalue weighted by Crippen LogP contribution is -2.10. The quantitative estimate of drug-likeness (QED) is 0.173. The summed E-state index contributed by atoms with van der Waals surface area (Å²) in [5.74, 6) is 1.68. The van der Waals surface area contributed by atoms with Crippen LogP contribution in [0.25, 0.3) is 89.5 Å². The van der Waals surface area contributed by atoms with Gasteiger partial charge in [0.25, 0.3) is 0 Å². The van der Waals surface area contributed by atoms with E-state index < -0.39 is 0 Å². The zero-order valence-corrected chi connectivity index (χ0v) is 38.3. The molecule has 0 radical (unpaired) electrons. The molecule has 328 valence electrons. The van der Waals surface area contributed by atoms with Crippen molar-refractivity contribution in [3.63, 3.8) is 0 Å². The van der Waals surface area contributed by atoms with Crippen LogP contribution in [0, 0.1) is 11.8 Å². The van der Waals surface area contributed by atoms with Crippen LogP contribution in [0.1, 0.15) is 117 Å². The normalized spacial score (nSPS) is 24.3. The van der Waals surface area contributed by atoms with Crippen LogP contribution in [-0.2, 0) is 0 Å². The average molecular weight is 869 g/mol. The SMILES string of the molecule is C1=C2CCC(CC2)/C(c2ccccc2-c2ccc3c(c2)c2c(n3-c3ccc4oc5ccc(-n6c7c(c8ccccc86)C6=CC(C/C=C\7)CCCC6)cc5c4c3)/C=C\C=C3\CCCC2C3)=C\C=C/1. The first kappa shape index (κ1) is 39.3. The predicted molar refractivity (Wildman–Crippen MR) is 282 cm³/mol. The zero-order chi connectivity index (χ0) is 44.0. The topological polar surface area (TPSA) is 23.0 Å². The summed E-state index contributed by atoms with van der Waals surface area (Å²) in [6, 6.07) is 39.4. The molecule has 6 bridgehead atoms. The van der Waals surface area contributed by atoms with E-state index in [4.69, 9.17) is 4.42 Å². The number of allylic oxidation sites excluding steroid dienone is 12. The lowest BCUT2D eigenvalue weighted by molar-refractivity contribution is 0.501. The molecule has 2 saturated carbocycles. The zero-order valence-electron chi connectivity index (χ0n) is 38.3. The smallest absolute Gasteiger partial charge is 0.135 e. The summed E-state index contributed by atoms with van der Waals surface area (Å²) in [6.07, 6.45) is 39.7. The van der Waals surface area contributed by atoms with E-state index in [0.717, 1.165) is 41.2 Å². The highest BCUT2D eigenvalue weighted by Gasteiger charge is 2.30. The van der Waals surface area contributed by atoms with Gasteiger partial charge in [-0.3, -0.25) is 0 Å². The summed E-state index contributed by atoms with van der Waals surface area (Å²) in [7, 11) is 0. The third kappa shape index (κ3) is 6.52. The minimum Gasteiger partial charge on any atom is -0.456 e. The Labute approximate surface area is 393 Å². The van der Waals surface area contributed by atoms with Gasteiger partial charge in [-0.05, 0) is 195 Å². The minimum absolute atomic E-state index is 0.478. The number of nitrogens with zero attached hydrogens (tertiary/aromatic N) is 2. The second-order valence-corrected chi connectivity index (χ2v) is 20.4. The molecule has 8 aromatic rings. The number of fused-ring (bicyclic) bond motifs is 18. The Balaban J connectivity index is 0.939. The number of rotatable bonds is 4. The molecular weight excluding hydrogens is 813 g/mol. The highest BCUT2D eigenvalue weighted by atomic mass is 16.3. The Kier molecular flexibility index (Phi) is 9.34. The summed E-state index contributed by atoms with van der Waals surface area (Å²) < 4.78 is 11.8. The van der Waals surface area contributed by atoms with Crippen molar-refractivity contribution in [1.82, 2.24) is 9.13 Å². The predicted octanol–water partition coefficient (Wildman–Crippen LogP) is 17.8.